The monoisotopic (exact) mass is 186 g/mol. The first-order valence-corrected chi connectivity index (χ1v) is 4.43. The zero-order valence-electron chi connectivity index (χ0n) is 7.55. The van der Waals surface area contributed by atoms with Gasteiger partial charge in [0.2, 0.25) is 0 Å². The van der Waals surface area contributed by atoms with Gasteiger partial charge in [-0.15, -0.1) is 0 Å². The van der Waals surface area contributed by atoms with Crippen molar-refractivity contribution in [3.8, 4) is 0 Å². The molecule has 14 heavy (non-hydrogen) atoms. The van der Waals surface area contributed by atoms with Crippen molar-refractivity contribution in [1.29, 1.82) is 0 Å². The topological polar surface area (TPSA) is 37.3 Å². The molecule has 0 heterocycles. The summed E-state index contributed by atoms with van der Waals surface area (Å²) in [4.78, 5) is 10.4. The van der Waals surface area contributed by atoms with E-state index in [4.69, 9.17) is 0 Å². The fraction of sp³-hybridized carbons (Fsp3) is 0.0833. The van der Waals surface area contributed by atoms with Gasteiger partial charge < -0.3 is 9.90 Å². The predicted octanol–water partition coefficient (Wildman–Crippen LogP) is 2.07. The van der Waals surface area contributed by atoms with Crippen LogP contribution in [0.15, 0.2) is 42.5 Å². The zero-order chi connectivity index (χ0) is 9.97. The molecule has 0 bridgehead atoms. The first kappa shape index (κ1) is 8.91. The van der Waals surface area contributed by atoms with Crippen molar-refractivity contribution in [1.82, 2.24) is 0 Å². The lowest BCUT2D eigenvalue weighted by Gasteiger charge is -2.04. The lowest BCUT2D eigenvalue weighted by Crippen LogP contribution is -1.97. The number of rotatable bonds is 2. The van der Waals surface area contributed by atoms with Crippen LogP contribution in [0.1, 0.15) is 11.7 Å². The number of fused-ring (bicyclic) bond motifs is 1. The fourth-order valence-electron chi connectivity index (χ4n) is 1.47. The lowest BCUT2D eigenvalue weighted by atomic mass is 10.0. The number of carbonyl (C=O) groups excluding carboxylic acids is 1. The number of aliphatic hydroxyl groups is 1. The van der Waals surface area contributed by atoms with Crippen LogP contribution in [0.25, 0.3) is 10.8 Å². The SMILES string of the molecule is O=C[C@@H](O)c1ccc2ccccc2c1. The molecule has 0 saturated heterocycles. The van der Waals surface area contributed by atoms with Crippen molar-refractivity contribution in [3.63, 3.8) is 0 Å². The van der Waals surface area contributed by atoms with Crippen molar-refractivity contribution >= 4 is 17.1 Å². The molecule has 2 rings (SSSR count). The molecule has 0 fully saturated rings. The normalized spacial score (nSPS) is 12.6. The minimum absolute atomic E-state index is 0.532. The van der Waals surface area contributed by atoms with Crippen LogP contribution in [0.4, 0.5) is 0 Å². The maximum atomic E-state index is 10.4. The highest BCUT2D eigenvalue weighted by Crippen LogP contribution is 2.19. The maximum absolute atomic E-state index is 10.4. The molecule has 0 spiro atoms. The molecule has 2 nitrogen and oxygen atoms in total. The van der Waals surface area contributed by atoms with E-state index in [0.717, 1.165) is 10.8 Å². The van der Waals surface area contributed by atoms with Crippen molar-refractivity contribution in [2.75, 3.05) is 0 Å². The van der Waals surface area contributed by atoms with E-state index in [2.05, 4.69) is 0 Å². The van der Waals surface area contributed by atoms with Crippen LogP contribution in [0, 0.1) is 0 Å². The second kappa shape index (κ2) is 3.60. The van der Waals surface area contributed by atoms with Gasteiger partial charge >= 0.3 is 0 Å². The molecule has 0 radical (unpaired) electrons. The van der Waals surface area contributed by atoms with E-state index in [1.807, 2.05) is 36.4 Å². The van der Waals surface area contributed by atoms with Crippen molar-refractivity contribution in [2.24, 2.45) is 0 Å². The molecule has 2 heteroatoms. The molecule has 0 aliphatic carbocycles. The van der Waals surface area contributed by atoms with E-state index in [-0.39, 0.29) is 0 Å². The highest BCUT2D eigenvalue weighted by molar-refractivity contribution is 5.83. The molecule has 0 amide bonds. The second-order valence-corrected chi connectivity index (χ2v) is 3.19. The molecule has 0 unspecified atom stereocenters. The smallest absolute Gasteiger partial charge is 0.153 e. The summed E-state index contributed by atoms with van der Waals surface area (Å²) in [6.45, 7) is 0. The number of hydrogen-bond acceptors (Lipinski definition) is 2. The Labute approximate surface area is 81.8 Å². The number of aliphatic hydroxyl groups excluding tert-OH is 1. The molecule has 2 aromatic rings. The third kappa shape index (κ3) is 1.52. The summed E-state index contributed by atoms with van der Waals surface area (Å²) in [5.74, 6) is 0. The van der Waals surface area contributed by atoms with Crippen LogP contribution >= 0.6 is 0 Å². The quantitative estimate of drug-likeness (QED) is 0.729. The van der Waals surface area contributed by atoms with Crippen LogP contribution in [0.5, 0.6) is 0 Å². The summed E-state index contributed by atoms with van der Waals surface area (Å²) in [6.07, 6.45) is -0.482. The third-order valence-corrected chi connectivity index (χ3v) is 2.24. The molecule has 0 aliphatic rings. The first-order valence-electron chi connectivity index (χ1n) is 4.43. The number of hydrogen-bond donors (Lipinski definition) is 1. The van der Waals surface area contributed by atoms with Gasteiger partial charge in [-0.3, -0.25) is 0 Å². The van der Waals surface area contributed by atoms with E-state index in [9.17, 15) is 9.90 Å². The summed E-state index contributed by atoms with van der Waals surface area (Å²) >= 11 is 0. The molecule has 0 saturated carbocycles. The maximum Gasteiger partial charge on any atom is 0.153 e. The Morgan fingerprint density at radius 1 is 1.07 bits per heavy atom. The molecule has 70 valence electrons. The minimum Gasteiger partial charge on any atom is -0.381 e. The second-order valence-electron chi connectivity index (χ2n) is 3.19. The molecular weight excluding hydrogens is 176 g/mol. The largest absolute Gasteiger partial charge is 0.381 e. The zero-order valence-corrected chi connectivity index (χ0v) is 7.55. The molecule has 2 aromatic carbocycles. The minimum atomic E-state index is -1.01. The molecule has 1 atom stereocenters. The molecule has 0 aromatic heterocycles. The fourth-order valence-corrected chi connectivity index (χ4v) is 1.47. The van der Waals surface area contributed by atoms with Gasteiger partial charge in [0.25, 0.3) is 0 Å². The van der Waals surface area contributed by atoms with Gasteiger partial charge in [-0.05, 0) is 22.4 Å². The highest BCUT2D eigenvalue weighted by Gasteiger charge is 2.05. The number of aldehydes is 1. The molecule has 1 N–H and O–H groups in total. The van der Waals surface area contributed by atoms with Gasteiger partial charge in [0.15, 0.2) is 6.29 Å². The standard InChI is InChI=1S/C12H10O2/c13-8-12(14)11-6-5-9-3-1-2-4-10(9)7-11/h1-8,12,14H/t12-/m1/s1. The van der Waals surface area contributed by atoms with Crippen molar-refractivity contribution in [2.45, 2.75) is 6.10 Å². The van der Waals surface area contributed by atoms with Crippen LogP contribution in [0.3, 0.4) is 0 Å². The Morgan fingerprint density at radius 3 is 2.50 bits per heavy atom. The number of benzene rings is 2. The summed E-state index contributed by atoms with van der Waals surface area (Å²) in [7, 11) is 0. The van der Waals surface area contributed by atoms with E-state index in [0.29, 0.717) is 11.8 Å². The van der Waals surface area contributed by atoms with E-state index >= 15 is 0 Å². The van der Waals surface area contributed by atoms with E-state index in [1.54, 1.807) is 6.07 Å². The van der Waals surface area contributed by atoms with Gasteiger partial charge in [-0.2, -0.15) is 0 Å². The summed E-state index contributed by atoms with van der Waals surface area (Å²) in [5.41, 5.74) is 0.638. The van der Waals surface area contributed by atoms with Crippen LogP contribution in [-0.4, -0.2) is 11.4 Å². The van der Waals surface area contributed by atoms with Gasteiger partial charge in [0.1, 0.15) is 6.10 Å². The lowest BCUT2D eigenvalue weighted by molar-refractivity contribution is -0.115. The van der Waals surface area contributed by atoms with Gasteiger partial charge in [-0.1, -0.05) is 36.4 Å². The summed E-state index contributed by atoms with van der Waals surface area (Å²) < 4.78 is 0. The predicted molar refractivity (Wildman–Crippen MR) is 55.0 cm³/mol. The molecule has 0 aliphatic heterocycles. The highest BCUT2D eigenvalue weighted by atomic mass is 16.3. The van der Waals surface area contributed by atoms with Crippen molar-refractivity contribution < 1.29 is 9.90 Å². The van der Waals surface area contributed by atoms with Crippen LogP contribution < -0.4 is 0 Å². The Balaban J connectivity index is 2.56. The number of carbonyl (C=O) groups is 1. The molecular formula is C12H10O2. The average molecular weight is 186 g/mol. The Kier molecular flexibility index (Phi) is 2.29. The van der Waals surface area contributed by atoms with Crippen LogP contribution in [0.2, 0.25) is 0 Å². The van der Waals surface area contributed by atoms with Gasteiger partial charge in [0.05, 0.1) is 0 Å². The summed E-state index contributed by atoms with van der Waals surface area (Å²) in [5, 5.41) is 11.5. The van der Waals surface area contributed by atoms with Gasteiger partial charge in [0, 0.05) is 0 Å². The Hall–Kier alpha value is -1.67. The van der Waals surface area contributed by atoms with E-state index < -0.39 is 6.10 Å². The average Bonchev–Trinajstić information content (AvgIpc) is 2.27. The summed E-state index contributed by atoms with van der Waals surface area (Å²) in [6, 6.07) is 13.3. The van der Waals surface area contributed by atoms with Crippen LogP contribution in [-0.2, 0) is 4.79 Å². The Morgan fingerprint density at radius 2 is 1.79 bits per heavy atom. The van der Waals surface area contributed by atoms with Crippen molar-refractivity contribution in [3.05, 3.63) is 48.0 Å². The van der Waals surface area contributed by atoms with Gasteiger partial charge in [-0.25, -0.2) is 0 Å². The Bertz CT molecular complexity index is 463. The first-order chi connectivity index (χ1) is 6.81. The van der Waals surface area contributed by atoms with E-state index in [1.165, 1.54) is 0 Å². The third-order valence-electron chi connectivity index (χ3n) is 2.24.